The molecule has 0 bridgehead atoms. The van der Waals surface area contributed by atoms with Gasteiger partial charge in [-0.3, -0.25) is 14.4 Å². The van der Waals surface area contributed by atoms with E-state index in [1.165, 1.54) is 15.9 Å². The number of ether oxygens (including phenoxy) is 1. The molecule has 2 aromatic carbocycles. The Morgan fingerprint density at radius 2 is 1.91 bits per heavy atom. The van der Waals surface area contributed by atoms with E-state index < -0.39 is 22.8 Å². The van der Waals surface area contributed by atoms with Gasteiger partial charge < -0.3 is 14.5 Å². The molecule has 8 heteroatoms. The number of anilines is 1. The lowest BCUT2D eigenvalue weighted by Gasteiger charge is -2.25. The van der Waals surface area contributed by atoms with E-state index in [-0.39, 0.29) is 37.9 Å². The average Bonchev–Trinajstić information content (AvgIpc) is 3.12. The molecule has 1 unspecified atom stereocenters. The Bertz CT molecular complexity index is 1110. The molecule has 4 rings (SSSR count). The van der Waals surface area contributed by atoms with Crippen molar-refractivity contribution >= 4 is 35.1 Å². The van der Waals surface area contributed by atoms with Gasteiger partial charge in [0.25, 0.3) is 0 Å². The summed E-state index contributed by atoms with van der Waals surface area (Å²) in [5, 5.41) is 0.426. The second kappa shape index (κ2) is 7.89. The fraction of sp³-hybridized carbons (Fsp3) is 0.375. The van der Waals surface area contributed by atoms with Crippen molar-refractivity contribution < 1.29 is 23.5 Å². The summed E-state index contributed by atoms with van der Waals surface area (Å²) in [5.74, 6) is -1.57. The highest BCUT2D eigenvalue weighted by atomic mass is 35.5. The van der Waals surface area contributed by atoms with E-state index in [0.29, 0.717) is 21.8 Å². The van der Waals surface area contributed by atoms with Crippen LogP contribution in [0.2, 0.25) is 5.02 Å². The third-order valence-corrected chi connectivity index (χ3v) is 5.95. The summed E-state index contributed by atoms with van der Waals surface area (Å²) in [4.78, 5) is 41.9. The summed E-state index contributed by atoms with van der Waals surface area (Å²) in [6, 6.07) is 11.2. The second-order valence-electron chi connectivity index (χ2n) is 9.24. The second-order valence-corrected chi connectivity index (χ2v) is 9.68. The monoisotopic (exact) mass is 458 g/mol. The number of carbonyl (C=O) groups excluding carboxylic acids is 3. The highest BCUT2D eigenvalue weighted by Crippen LogP contribution is 2.48. The van der Waals surface area contributed by atoms with E-state index in [9.17, 15) is 18.8 Å². The van der Waals surface area contributed by atoms with Crippen molar-refractivity contribution in [2.45, 2.75) is 44.8 Å². The minimum atomic E-state index is -1.18. The van der Waals surface area contributed by atoms with E-state index in [1.807, 2.05) is 0 Å². The molecule has 2 aliphatic heterocycles. The first-order chi connectivity index (χ1) is 15.0. The van der Waals surface area contributed by atoms with E-state index in [1.54, 1.807) is 57.2 Å². The van der Waals surface area contributed by atoms with Crippen LogP contribution in [0.3, 0.4) is 0 Å². The number of halogens is 2. The topological polar surface area (TPSA) is 66.9 Å². The van der Waals surface area contributed by atoms with E-state index in [4.69, 9.17) is 16.3 Å². The predicted octanol–water partition coefficient (Wildman–Crippen LogP) is 3.84. The van der Waals surface area contributed by atoms with Crippen LogP contribution in [0.1, 0.15) is 38.3 Å². The van der Waals surface area contributed by atoms with Gasteiger partial charge in [-0.1, -0.05) is 29.8 Å². The Labute approximate surface area is 190 Å². The zero-order valence-electron chi connectivity index (χ0n) is 18.2. The van der Waals surface area contributed by atoms with Crippen molar-refractivity contribution in [3.05, 3.63) is 64.4 Å². The van der Waals surface area contributed by atoms with Gasteiger partial charge in [-0.2, -0.15) is 0 Å². The third kappa shape index (κ3) is 3.97. The van der Waals surface area contributed by atoms with Crippen LogP contribution >= 0.6 is 11.6 Å². The summed E-state index contributed by atoms with van der Waals surface area (Å²) >= 11 is 6.23. The normalized spacial score (nSPS) is 20.3. The molecule has 1 fully saturated rings. The standard InChI is InChI=1S/C24H24ClFN2O4/c1-23(2,3)32-21(30)13-28-19-9-8-16(25)10-17(19)24(22(28)31)11-20(29)27(14-24)12-15-6-4-5-7-18(15)26/h4-10H,11-14H2,1-3H3. The number of hydrogen-bond donors (Lipinski definition) is 0. The minimum absolute atomic E-state index is 0.0580. The van der Waals surface area contributed by atoms with Gasteiger partial charge in [-0.25, -0.2) is 4.39 Å². The van der Waals surface area contributed by atoms with Gasteiger partial charge in [0.1, 0.15) is 23.4 Å². The van der Waals surface area contributed by atoms with Crippen molar-refractivity contribution in [3.63, 3.8) is 0 Å². The van der Waals surface area contributed by atoms with E-state index in [2.05, 4.69) is 0 Å². The number of carbonyl (C=O) groups is 3. The van der Waals surface area contributed by atoms with Crippen molar-refractivity contribution in [2.24, 2.45) is 0 Å². The summed E-state index contributed by atoms with van der Waals surface area (Å²) < 4.78 is 19.6. The molecule has 2 aliphatic rings. The Hall–Kier alpha value is -2.93. The van der Waals surface area contributed by atoms with Gasteiger partial charge in [0, 0.05) is 35.8 Å². The van der Waals surface area contributed by atoms with Crippen molar-refractivity contribution in [3.8, 4) is 0 Å². The first kappa shape index (κ1) is 22.3. The van der Waals surface area contributed by atoms with Crippen LogP contribution in [-0.4, -0.2) is 41.4 Å². The Morgan fingerprint density at radius 1 is 1.19 bits per heavy atom. The van der Waals surface area contributed by atoms with Crippen LogP contribution in [0.15, 0.2) is 42.5 Å². The maximum Gasteiger partial charge on any atom is 0.326 e. The molecule has 2 aromatic rings. The van der Waals surface area contributed by atoms with Gasteiger partial charge >= 0.3 is 5.97 Å². The molecular formula is C24H24ClFN2O4. The molecule has 6 nitrogen and oxygen atoms in total. The smallest absolute Gasteiger partial charge is 0.326 e. The number of benzene rings is 2. The van der Waals surface area contributed by atoms with Crippen molar-refractivity contribution in [2.75, 3.05) is 18.0 Å². The summed E-state index contributed by atoms with van der Waals surface area (Å²) in [7, 11) is 0. The Kier molecular flexibility index (Phi) is 5.49. The molecule has 2 heterocycles. The molecular weight excluding hydrogens is 435 g/mol. The predicted molar refractivity (Wildman–Crippen MR) is 118 cm³/mol. The maximum absolute atomic E-state index is 14.2. The summed E-state index contributed by atoms with van der Waals surface area (Å²) in [6.45, 7) is 5.13. The zero-order valence-corrected chi connectivity index (χ0v) is 18.9. The number of esters is 1. The average molecular weight is 459 g/mol. The van der Waals surface area contributed by atoms with Gasteiger partial charge in [0.15, 0.2) is 0 Å². The third-order valence-electron chi connectivity index (χ3n) is 5.71. The quantitative estimate of drug-likeness (QED) is 0.653. The zero-order chi connectivity index (χ0) is 23.3. The Balaban J connectivity index is 1.66. The molecule has 0 radical (unpaired) electrons. The van der Waals surface area contributed by atoms with Crippen LogP contribution in [0, 0.1) is 5.82 Å². The molecule has 1 atom stereocenters. The van der Waals surface area contributed by atoms with Crippen LogP contribution in [0.5, 0.6) is 0 Å². The van der Waals surface area contributed by atoms with E-state index >= 15 is 0 Å². The molecule has 168 valence electrons. The lowest BCUT2D eigenvalue weighted by atomic mass is 9.81. The highest BCUT2D eigenvalue weighted by Gasteiger charge is 2.57. The first-order valence-corrected chi connectivity index (χ1v) is 10.7. The molecule has 32 heavy (non-hydrogen) atoms. The molecule has 2 amide bonds. The lowest BCUT2D eigenvalue weighted by molar-refractivity contribution is -0.153. The number of nitrogens with zero attached hydrogens (tertiary/aromatic N) is 2. The molecule has 1 spiro atoms. The van der Waals surface area contributed by atoms with Crippen LogP contribution in [0.25, 0.3) is 0 Å². The molecule has 0 aliphatic carbocycles. The summed E-state index contributed by atoms with van der Waals surface area (Å²) in [5.41, 5.74) is -0.362. The number of fused-ring (bicyclic) bond motifs is 2. The Morgan fingerprint density at radius 3 is 2.59 bits per heavy atom. The van der Waals surface area contributed by atoms with Crippen LogP contribution in [-0.2, 0) is 31.1 Å². The highest BCUT2D eigenvalue weighted by molar-refractivity contribution is 6.31. The number of likely N-dealkylation sites (tertiary alicyclic amines) is 1. The molecule has 0 N–H and O–H groups in total. The van der Waals surface area contributed by atoms with Crippen LogP contribution < -0.4 is 4.90 Å². The van der Waals surface area contributed by atoms with Gasteiger partial charge in [-0.05, 0) is 50.6 Å². The SMILES string of the molecule is CC(C)(C)OC(=O)CN1C(=O)C2(CC(=O)N(Cc3ccccc3F)C2)c2cc(Cl)ccc21. The number of amides is 2. The number of rotatable bonds is 4. The van der Waals surface area contributed by atoms with Gasteiger partial charge in [0.05, 0.1) is 0 Å². The van der Waals surface area contributed by atoms with Crippen molar-refractivity contribution in [1.82, 2.24) is 4.90 Å². The fourth-order valence-electron chi connectivity index (χ4n) is 4.41. The van der Waals surface area contributed by atoms with Gasteiger partial charge in [0.2, 0.25) is 11.8 Å². The van der Waals surface area contributed by atoms with E-state index in [0.717, 1.165) is 0 Å². The fourth-order valence-corrected chi connectivity index (χ4v) is 4.58. The molecule has 1 saturated heterocycles. The first-order valence-electron chi connectivity index (χ1n) is 10.4. The largest absolute Gasteiger partial charge is 0.459 e. The van der Waals surface area contributed by atoms with Gasteiger partial charge in [-0.15, -0.1) is 0 Å². The van der Waals surface area contributed by atoms with Crippen LogP contribution in [0.4, 0.5) is 10.1 Å². The maximum atomic E-state index is 14.2. The molecule has 0 saturated carbocycles. The van der Waals surface area contributed by atoms with Crippen molar-refractivity contribution in [1.29, 1.82) is 0 Å². The molecule has 0 aromatic heterocycles. The minimum Gasteiger partial charge on any atom is -0.459 e. The number of hydrogen-bond acceptors (Lipinski definition) is 4. The lowest BCUT2D eigenvalue weighted by Crippen LogP contribution is -2.45. The summed E-state index contributed by atoms with van der Waals surface area (Å²) in [6.07, 6.45) is -0.0710.